The van der Waals surface area contributed by atoms with Crippen molar-refractivity contribution in [3.05, 3.63) is 83.9 Å². The van der Waals surface area contributed by atoms with E-state index in [1.165, 1.54) is 10.8 Å². The summed E-state index contributed by atoms with van der Waals surface area (Å²) in [6.07, 6.45) is 3.54. The third kappa shape index (κ3) is 5.44. The molecule has 1 atom stereocenters. The van der Waals surface area contributed by atoms with Gasteiger partial charge in [-0.25, -0.2) is 4.79 Å². The number of hydrogen-bond donors (Lipinski definition) is 1. The van der Waals surface area contributed by atoms with Crippen LogP contribution in [0, 0.1) is 0 Å². The van der Waals surface area contributed by atoms with Crippen LogP contribution in [0.25, 0.3) is 16.8 Å². The molecular formula is C24H24O4. The fourth-order valence-electron chi connectivity index (χ4n) is 2.99. The average Bonchev–Trinajstić information content (AvgIpc) is 2.72. The highest BCUT2D eigenvalue weighted by molar-refractivity contribution is 5.84. The lowest BCUT2D eigenvalue weighted by Gasteiger charge is -2.12. The van der Waals surface area contributed by atoms with Crippen LogP contribution in [0.2, 0.25) is 0 Å². The molecule has 0 aliphatic carbocycles. The summed E-state index contributed by atoms with van der Waals surface area (Å²) in [5.41, 5.74) is 2.04. The van der Waals surface area contributed by atoms with Crippen molar-refractivity contribution in [2.75, 3.05) is 13.2 Å². The van der Waals surface area contributed by atoms with Crippen molar-refractivity contribution < 1.29 is 19.4 Å². The van der Waals surface area contributed by atoms with Gasteiger partial charge in [-0.3, -0.25) is 0 Å². The van der Waals surface area contributed by atoms with E-state index in [1.807, 2.05) is 48.6 Å². The minimum Gasteiger partial charge on any atom is -0.490 e. The Hall–Kier alpha value is -3.11. The van der Waals surface area contributed by atoms with Gasteiger partial charge in [0.15, 0.2) is 6.10 Å². The second kappa shape index (κ2) is 9.72. The first kappa shape index (κ1) is 19.6. The molecule has 0 amide bonds. The van der Waals surface area contributed by atoms with Crippen molar-refractivity contribution in [1.29, 1.82) is 0 Å². The monoisotopic (exact) mass is 376 g/mol. The lowest BCUT2D eigenvalue weighted by atomic mass is 10.1. The predicted molar refractivity (Wildman–Crippen MR) is 112 cm³/mol. The SMILES string of the molecule is CCOC(Cc1ccc(OC/C=C/c2ccc3ccccc3c2)cc1)C(=O)O. The fourth-order valence-corrected chi connectivity index (χ4v) is 2.99. The van der Waals surface area contributed by atoms with Crippen molar-refractivity contribution in [3.8, 4) is 5.75 Å². The minimum absolute atomic E-state index is 0.339. The molecule has 0 radical (unpaired) electrons. The van der Waals surface area contributed by atoms with Gasteiger partial charge in [0.1, 0.15) is 12.4 Å². The number of carboxylic acid groups (broad SMARTS) is 1. The van der Waals surface area contributed by atoms with E-state index in [1.54, 1.807) is 6.92 Å². The molecule has 0 heterocycles. The Morgan fingerprint density at radius 2 is 1.79 bits per heavy atom. The number of hydrogen-bond acceptors (Lipinski definition) is 3. The maximum absolute atomic E-state index is 11.2. The zero-order valence-electron chi connectivity index (χ0n) is 15.9. The summed E-state index contributed by atoms with van der Waals surface area (Å²) in [6, 6.07) is 22.1. The molecule has 1 N–H and O–H groups in total. The molecule has 3 aromatic carbocycles. The van der Waals surface area contributed by atoms with Gasteiger partial charge >= 0.3 is 5.97 Å². The third-order valence-electron chi connectivity index (χ3n) is 4.42. The van der Waals surface area contributed by atoms with Crippen LogP contribution in [0.15, 0.2) is 72.8 Å². The lowest BCUT2D eigenvalue weighted by molar-refractivity contribution is -0.149. The number of carbonyl (C=O) groups is 1. The number of benzene rings is 3. The van der Waals surface area contributed by atoms with Crippen LogP contribution >= 0.6 is 0 Å². The predicted octanol–water partition coefficient (Wildman–Crippen LogP) is 4.96. The van der Waals surface area contributed by atoms with Crippen molar-refractivity contribution in [1.82, 2.24) is 0 Å². The normalized spacial score (nSPS) is 12.3. The highest BCUT2D eigenvalue weighted by Gasteiger charge is 2.17. The minimum atomic E-state index is -0.944. The molecule has 0 saturated heterocycles. The molecule has 0 aliphatic rings. The number of rotatable bonds is 9. The molecule has 4 nitrogen and oxygen atoms in total. The zero-order chi connectivity index (χ0) is 19.8. The van der Waals surface area contributed by atoms with Crippen molar-refractivity contribution in [2.45, 2.75) is 19.4 Å². The summed E-state index contributed by atoms with van der Waals surface area (Å²) in [4.78, 5) is 11.2. The lowest BCUT2D eigenvalue weighted by Crippen LogP contribution is -2.26. The van der Waals surface area contributed by atoms with E-state index in [4.69, 9.17) is 14.6 Å². The molecule has 0 aliphatic heterocycles. The molecule has 28 heavy (non-hydrogen) atoms. The molecule has 0 aromatic heterocycles. The second-order valence-corrected chi connectivity index (χ2v) is 6.45. The maximum Gasteiger partial charge on any atom is 0.333 e. The van der Waals surface area contributed by atoms with Crippen LogP contribution < -0.4 is 4.74 Å². The van der Waals surface area contributed by atoms with Gasteiger partial charge in [0.2, 0.25) is 0 Å². The third-order valence-corrected chi connectivity index (χ3v) is 4.42. The molecule has 4 heteroatoms. The van der Waals surface area contributed by atoms with Gasteiger partial charge in [-0.1, -0.05) is 54.6 Å². The summed E-state index contributed by atoms with van der Waals surface area (Å²) in [7, 11) is 0. The van der Waals surface area contributed by atoms with Crippen LogP contribution in [0.1, 0.15) is 18.1 Å². The number of carboxylic acids is 1. The summed E-state index contributed by atoms with van der Waals surface area (Å²) < 4.78 is 11.0. The molecular weight excluding hydrogens is 352 g/mol. The van der Waals surface area contributed by atoms with Gasteiger partial charge in [-0.2, -0.15) is 0 Å². The van der Waals surface area contributed by atoms with E-state index in [2.05, 4.69) is 30.3 Å². The smallest absolute Gasteiger partial charge is 0.333 e. The highest BCUT2D eigenvalue weighted by atomic mass is 16.5. The molecule has 0 saturated carbocycles. The van der Waals surface area contributed by atoms with Crippen molar-refractivity contribution in [3.63, 3.8) is 0 Å². The Kier molecular flexibility index (Phi) is 6.82. The van der Waals surface area contributed by atoms with E-state index < -0.39 is 12.1 Å². The van der Waals surface area contributed by atoms with E-state index >= 15 is 0 Å². The molecule has 0 bridgehead atoms. The summed E-state index contributed by atoms with van der Waals surface area (Å²) in [5.74, 6) is -0.198. The topological polar surface area (TPSA) is 55.8 Å². The first-order valence-electron chi connectivity index (χ1n) is 9.37. The van der Waals surface area contributed by atoms with Crippen molar-refractivity contribution in [2.24, 2.45) is 0 Å². The van der Waals surface area contributed by atoms with E-state index in [-0.39, 0.29) is 0 Å². The Balaban J connectivity index is 1.52. The van der Waals surface area contributed by atoms with Crippen molar-refractivity contribution >= 4 is 22.8 Å². The average molecular weight is 376 g/mol. The van der Waals surface area contributed by atoms with Gasteiger partial charge in [0.05, 0.1) is 0 Å². The van der Waals surface area contributed by atoms with Gasteiger partial charge < -0.3 is 14.6 Å². The molecule has 3 aromatic rings. The van der Waals surface area contributed by atoms with Crippen LogP contribution in [0.5, 0.6) is 5.75 Å². The Morgan fingerprint density at radius 1 is 1.04 bits per heavy atom. The number of aliphatic carboxylic acids is 1. The standard InChI is InChI=1S/C24H24O4/c1-2-27-23(24(25)26)17-19-10-13-22(14-11-19)28-15-5-6-18-9-12-20-7-3-4-8-21(20)16-18/h3-14,16,23H,2,15,17H2,1H3,(H,25,26)/b6-5+. The Labute approximate surface area is 165 Å². The van der Waals surface area contributed by atoms with Crippen LogP contribution in [-0.4, -0.2) is 30.4 Å². The summed E-state index contributed by atoms with van der Waals surface area (Å²) >= 11 is 0. The van der Waals surface area contributed by atoms with Crippen LogP contribution in [0.3, 0.4) is 0 Å². The van der Waals surface area contributed by atoms with Gasteiger partial charge in [-0.05, 0) is 53.1 Å². The Morgan fingerprint density at radius 3 is 2.50 bits per heavy atom. The number of fused-ring (bicyclic) bond motifs is 1. The zero-order valence-corrected chi connectivity index (χ0v) is 15.9. The molecule has 1 unspecified atom stereocenters. The molecule has 0 fully saturated rings. The fraction of sp³-hybridized carbons (Fsp3) is 0.208. The van der Waals surface area contributed by atoms with Crippen LogP contribution in [0.4, 0.5) is 0 Å². The van der Waals surface area contributed by atoms with E-state index in [0.717, 1.165) is 16.9 Å². The molecule has 3 rings (SSSR count). The summed E-state index contributed by atoms with van der Waals surface area (Å²) in [5, 5.41) is 11.6. The van der Waals surface area contributed by atoms with E-state index in [9.17, 15) is 4.79 Å². The second-order valence-electron chi connectivity index (χ2n) is 6.45. The van der Waals surface area contributed by atoms with Gasteiger partial charge in [0, 0.05) is 13.0 Å². The highest BCUT2D eigenvalue weighted by Crippen LogP contribution is 2.17. The first-order valence-corrected chi connectivity index (χ1v) is 9.37. The Bertz CT molecular complexity index is 944. The largest absolute Gasteiger partial charge is 0.490 e. The van der Waals surface area contributed by atoms with Gasteiger partial charge in [-0.15, -0.1) is 0 Å². The van der Waals surface area contributed by atoms with E-state index in [0.29, 0.717) is 19.6 Å². The summed E-state index contributed by atoms with van der Waals surface area (Å²) in [6.45, 7) is 2.63. The molecule has 144 valence electrons. The number of ether oxygens (including phenoxy) is 2. The van der Waals surface area contributed by atoms with Crippen LogP contribution in [-0.2, 0) is 16.0 Å². The van der Waals surface area contributed by atoms with Gasteiger partial charge in [0.25, 0.3) is 0 Å². The maximum atomic E-state index is 11.2. The quantitative estimate of drug-likeness (QED) is 0.573. The first-order chi connectivity index (χ1) is 13.7. The molecule has 0 spiro atoms.